The quantitative estimate of drug-likeness (QED) is 0.653. The number of aromatic nitrogens is 1. The number of nitrogens with two attached hydrogens (primary N) is 1. The van der Waals surface area contributed by atoms with Crippen LogP contribution in [-0.2, 0) is 15.1 Å². The van der Waals surface area contributed by atoms with Crippen LogP contribution in [0.25, 0.3) is 15.8 Å². The highest BCUT2D eigenvalue weighted by molar-refractivity contribution is 7.19. The minimum Gasteiger partial charge on any atom is -0.453 e. The average molecular weight is 387 g/mol. The van der Waals surface area contributed by atoms with Crippen molar-refractivity contribution in [3.63, 3.8) is 0 Å². The number of hydrogen-bond acceptors (Lipinski definition) is 5. The van der Waals surface area contributed by atoms with Crippen molar-refractivity contribution < 1.29 is 9.53 Å². The van der Waals surface area contributed by atoms with Gasteiger partial charge in [0.2, 0.25) is 5.60 Å². The second-order valence-electron chi connectivity index (χ2n) is 7.32. The summed E-state index contributed by atoms with van der Waals surface area (Å²) in [6, 6.07) is 15.8. The van der Waals surface area contributed by atoms with Crippen molar-refractivity contribution in [1.29, 1.82) is 0 Å². The van der Waals surface area contributed by atoms with Gasteiger partial charge >= 0.3 is 0 Å². The zero-order valence-electron chi connectivity index (χ0n) is 15.0. The van der Waals surface area contributed by atoms with E-state index < -0.39 is 5.60 Å². The third kappa shape index (κ3) is 1.90. The Bertz CT molecular complexity index is 1210. The smallest absolute Gasteiger partial charge is 0.277 e. The first-order chi connectivity index (χ1) is 13.7. The number of hydrogen-bond donors (Lipinski definition) is 2. The average Bonchev–Trinajstić information content (AvgIpc) is 3.39. The van der Waals surface area contributed by atoms with Crippen molar-refractivity contribution in [2.24, 2.45) is 5.73 Å². The van der Waals surface area contributed by atoms with E-state index in [9.17, 15) is 4.79 Å². The molecule has 6 heteroatoms. The topological polar surface area (TPSA) is 77.2 Å². The first-order valence-electron chi connectivity index (χ1n) is 9.37. The number of carbonyl (C=O) groups is 1. The molecule has 0 bridgehead atoms. The van der Waals surface area contributed by atoms with Gasteiger partial charge in [-0.2, -0.15) is 0 Å². The number of anilines is 1. The highest BCUT2D eigenvalue weighted by Gasteiger charge is 2.56. The maximum atomic E-state index is 13.1. The maximum Gasteiger partial charge on any atom is 0.277 e. The van der Waals surface area contributed by atoms with Crippen LogP contribution in [0.3, 0.4) is 0 Å². The van der Waals surface area contributed by atoms with E-state index in [-0.39, 0.29) is 11.8 Å². The Morgan fingerprint density at radius 1 is 1.11 bits per heavy atom. The van der Waals surface area contributed by atoms with Gasteiger partial charge in [-0.15, -0.1) is 11.3 Å². The molecule has 0 saturated heterocycles. The van der Waals surface area contributed by atoms with Crippen LogP contribution in [0.1, 0.15) is 29.8 Å². The monoisotopic (exact) mass is 387 g/mol. The first-order valence-corrected chi connectivity index (χ1v) is 10.2. The lowest BCUT2D eigenvalue weighted by Gasteiger charge is -2.35. The van der Waals surface area contributed by atoms with Crippen LogP contribution in [-0.4, -0.2) is 10.9 Å². The van der Waals surface area contributed by atoms with E-state index in [1.807, 2.05) is 42.5 Å². The number of allylic oxidation sites excluding steroid dienone is 2. The molecular weight excluding hydrogens is 370 g/mol. The van der Waals surface area contributed by atoms with Crippen molar-refractivity contribution in [3.05, 3.63) is 76.1 Å². The fraction of sp³-hybridized carbons (Fsp3) is 0.182. The number of ether oxygens (including phenoxy) is 1. The minimum atomic E-state index is -1.15. The third-order valence-electron chi connectivity index (χ3n) is 5.84. The van der Waals surface area contributed by atoms with E-state index in [1.54, 1.807) is 11.3 Å². The Labute approximate surface area is 165 Å². The summed E-state index contributed by atoms with van der Waals surface area (Å²) in [5.74, 6) is 0.126. The van der Waals surface area contributed by atoms with E-state index in [0.717, 1.165) is 62.5 Å². The molecule has 28 heavy (non-hydrogen) atoms. The molecule has 1 spiro atoms. The van der Waals surface area contributed by atoms with Crippen molar-refractivity contribution in [2.75, 3.05) is 5.32 Å². The summed E-state index contributed by atoms with van der Waals surface area (Å²) in [5, 5.41) is 3.83. The van der Waals surface area contributed by atoms with E-state index in [0.29, 0.717) is 0 Å². The molecule has 138 valence electrons. The van der Waals surface area contributed by atoms with Crippen molar-refractivity contribution >= 4 is 38.7 Å². The maximum absolute atomic E-state index is 13.1. The highest BCUT2D eigenvalue weighted by atomic mass is 32.1. The molecule has 0 radical (unpaired) electrons. The Balaban J connectivity index is 1.58. The molecule has 0 fully saturated rings. The number of rotatable bonds is 1. The van der Waals surface area contributed by atoms with Crippen LogP contribution in [0.15, 0.2) is 65.6 Å². The van der Waals surface area contributed by atoms with Gasteiger partial charge in [0.15, 0.2) is 5.88 Å². The van der Waals surface area contributed by atoms with Gasteiger partial charge in [-0.1, -0.05) is 30.3 Å². The molecule has 3 N–H and O–H groups in total. The molecule has 1 amide bonds. The van der Waals surface area contributed by atoms with Crippen LogP contribution < -0.4 is 11.1 Å². The Morgan fingerprint density at radius 3 is 2.82 bits per heavy atom. The zero-order valence-corrected chi connectivity index (χ0v) is 15.8. The predicted octanol–water partition coefficient (Wildman–Crippen LogP) is 4.28. The van der Waals surface area contributed by atoms with Crippen LogP contribution in [0.2, 0.25) is 0 Å². The van der Waals surface area contributed by atoms with E-state index in [4.69, 9.17) is 15.5 Å². The van der Waals surface area contributed by atoms with Crippen molar-refractivity contribution in [1.82, 2.24) is 4.98 Å². The molecule has 3 aromatic rings. The lowest BCUT2D eigenvalue weighted by Crippen LogP contribution is -2.42. The predicted molar refractivity (Wildman–Crippen MR) is 109 cm³/mol. The minimum absolute atomic E-state index is 0.158. The number of nitrogens with one attached hydrogen (secondary N) is 1. The molecule has 3 heterocycles. The molecular formula is C22H17N3O2S. The molecule has 2 aliphatic heterocycles. The van der Waals surface area contributed by atoms with Crippen LogP contribution >= 0.6 is 11.3 Å². The fourth-order valence-corrected chi connectivity index (χ4v) is 5.72. The number of amides is 1. The Kier molecular flexibility index (Phi) is 3.09. The summed E-state index contributed by atoms with van der Waals surface area (Å²) in [6.07, 6.45) is 2.67. The SMILES string of the molecule is NC1=C(c2nc3ccccc3s2)C2=C(CCC2)C2(O1)C(=O)Nc1ccccc12. The summed E-state index contributed by atoms with van der Waals surface area (Å²) >= 11 is 1.61. The summed E-state index contributed by atoms with van der Waals surface area (Å²) in [5.41, 5.74) is 10.9. The Hall–Kier alpha value is -3.12. The first kappa shape index (κ1) is 15.9. The van der Waals surface area contributed by atoms with E-state index in [1.165, 1.54) is 0 Å². The summed E-state index contributed by atoms with van der Waals surface area (Å²) in [4.78, 5) is 17.9. The number of thiazole rings is 1. The number of para-hydroxylation sites is 2. The summed E-state index contributed by atoms with van der Waals surface area (Å²) in [7, 11) is 0. The third-order valence-corrected chi connectivity index (χ3v) is 6.89. The molecule has 1 aromatic heterocycles. The number of carbonyl (C=O) groups excluding carboxylic acids is 1. The molecule has 3 aliphatic rings. The van der Waals surface area contributed by atoms with Gasteiger partial charge in [-0.3, -0.25) is 4.79 Å². The van der Waals surface area contributed by atoms with Gasteiger partial charge in [0.1, 0.15) is 5.01 Å². The fourth-order valence-electron chi connectivity index (χ4n) is 4.68. The zero-order chi connectivity index (χ0) is 18.9. The lowest BCUT2D eigenvalue weighted by molar-refractivity contribution is -0.132. The molecule has 6 rings (SSSR count). The molecule has 2 aromatic carbocycles. The van der Waals surface area contributed by atoms with Gasteiger partial charge in [0.05, 0.1) is 15.8 Å². The van der Waals surface area contributed by atoms with Crippen molar-refractivity contribution in [3.8, 4) is 0 Å². The molecule has 1 unspecified atom stereocenters. The van der Waals surface area contributed by atoms with Gasteiger partial charge in [-0.05, 0) is 48.6 Å². The van der Waals surface area contributed by atoms with Gasteiger partial charge in [0.25, 0.3) is 5.91 Å². The summed E-state index contributed by atoms with van der Waals surface area (Å²) < 4.78 is 7.42. The van der Waals surface area contributed by atoms with Crippen molar-refractivity contribution in [2.45, 2.75) is 24.9 Å². The lowest BCUT2D eigenvalue weighted by atomic mass is 9.81. The highest BCUT2D eigenvalue weighted by Crippen LogP contribution is 2.55. The van der Waals surface area contributed by atoms with Crippen LogP contribution in [0.4, 0.5) is 5.69 Å². The Morgan fingerprint density at radius 2 is 1.93 bits per heavy atom. The van der Waals surface area contributed by atoms with Crippen LogP contribution in [0.5, 0.6) is 0 Å². The number of nitrogens with zero attached hydrogens (tertiary/aromatic N) is 1. The standard InChI is InChI=1S/C22H17N3O2S/c23-19-18(20-24-16-10-3-4-11-17(16)28-20)12-6-5-8-13(12)22(27-19)14-7-1-2-9-15(14)25-21(22)26/h1-4,7,9-11H,5-6,8,23H2,(H,25,26). The van der Waals surface area contributed by atoms with Crippen LogP contribution in [0, 0.1) is 0 Å². The normalized spacial score (nSPS) is 23.2. The second-order valence-corrected chi connectivity index (χ2v) is 8.35. The summed E-state index contributed by atoms with van der Waals surface area (Å²) in [6.45, 7) is 0. The molecule has 0 saturated carbocycles. The van der Waals surface area contributed by atoms with E-state index >= 15 is 0 Å². The number of fused-ring (bicyclic) bond motifs is 4. The van der Waals surface area contributed by atoms with Gasteiger partial charge in [0, 0.05) is 11.3 Å². The molecule has 1 aliphatic carbocycles. The van der Waals surface area contributed by atoms with E-state index in [2.05, 4.69) is 11.4 Å². The van der Waals surface area contributed by atoms with Gasteiger partial charge in [-0.25, -0.2) is 4.98 Å². The van der Waals surface area contributed by atoms with Gasteiger partial charge < -0.3 is 15.8 Å². The second kappa shape index (κ2) is 5.45. The molecule has 5 nitrogen and oxygen atoms in total. The molecule has 1 atom stereocenters. The largest absolute Gasteiger partial charge is 0.453 e. The number of benzene rings is 2.